The van der Waals surface area contributed by atoms with E-state index in [-0.39, 0.29) is 0 Å². The van der Waals surface area contributed by atoms with Crippen LogP contribution < -0.4 is 4.74 Å². The molecule has 0 amide bonds. The van der Waals surface area contributed by atoms with Gasteiger partial charge in [0.05, 0.1) is 0 Å². The monoisotopic (exact) mass is 185 g/mol. The van der Waals surface area contributed by atoms with Crippen molar-refractivity contribution in [2.45, 2.75) is 13.0 Å². The number of fused-ring (bicyclic) bond motifs is 1. The highest BCUT2D eigenvalue weighted by Crippen LogP contribution is 2.27. The maximum absolute atomic E-state index is 9.20. The molecule has 0 aliphatic carbocycles. The third-order valence-corrected chi connectivity index (χ3v) is 2.05. The molecule has 1 aromatic carbocycles. The Bertz CT molecular complexity index is 263. The van der Waals surface area contributed by atoms with Gasteiger partial charge in [0.25, 0.3) is 6.41 Å². The van der Waals surface area contributed by atoms with Crippen LogP contribution in [-0.4, -0.2) is 15.9 Å². The number of rotatable bonds is 0. The van der Waals surface area contributed by atoms with Crippen molar-refractivity contribution in [1.82, 2.24) is 4.42 Å². The number of aliphatic hydroxyl groups is 1. The maximum Gasteiger partial charge on any atom is 0.273 e. The Morgan fingerprint density at radius 1 is 1.50 bits per heavy atom. The number of halogens is 1. The second kappa shape index (κ2) is 2.94. The summed E-state index contributed by atoms with van der Waals surface area (Å²) in [6.07, 6.45) is -1.04. The summed E-state index contributed by atoms with van der Waals surface area (Å²) in [5.41, 5.74) is 0.984. The summed E-state index contributed by atoms with van der Waals surface area (Å²) < 4.78 is 6.30. The third kappa shape index (κ3) is 1.27. The first kappa shape index (κ1) is 7.86. The molecule has 4 heteroatoms. The molecule has 1 heterocycles. The van der Waals surface area contributed by atoms with E-state index in [9.17, 15) is 5.11 Å². The van der Waals surface area contributed by atoms with Crippen LogP contribution in [0.1, 0.15) is 5.56 Å². The lowest BCUT2D eigenvalue weighted by atomic mass is 10.2. The van der Waals surface area contributed by atoms with E-state index >= 15 is 0 Å². The predicted molar refractivity (Wildman–Crippen MR) is 44.5 cm³/mol. The van der Waals surface area contributed by atoms with Crippen molar-refractivity contribution >= 4 is 11.8 Å². The second-order valence-electron chi connectivity index (χ2n) is 2.61. The van der Waals surface area contributed by atoms with Gasteiger partial charge in [0, 0.05) is 12.1 Å². The molecule has 1 atom stereocenters. The number of hydrogen-bond acceptors (Lipinski definition) is 3. The first-order valence-corrected chi connectivity index (χ1v) is 3.96. The minimum atomic E-state index is -1.04. The van der Waals surface area contributed by atoms with Crippen molar-refractivity contribution in [2.75, 3.05) is 0 Å². The SMILES string of the molecule is OC1Oc2ccccc2CN1Cl. The van der Waals surface area contributed by atoms with Crippen molar-refractivity contribution in [3.05, 3.63) is 29.8 Å². The fourth-order valence-electron chi connectivity index (χ4n) is 1.16. The Morgan fingerprint density at radius 3 is 3.08 bits per heavy atom. The van der Waals surface area contributed by atoms with Gasteiger partial charge in [0.2, 0.25) is 0 Å². The van der Waals surface area contributed by atoms with Crippen LogP contribution in [0.25, 0.3) is 0 Å². The van der Waals surface area contributed by atoms with Gasteiger partial charge < -0.3 is 9.84 Å². The molecule has 0 bridgehead atoms. The summed E-state index contributed by atoms with van der Waals surface area (Å²) in [5.74, 6) is 0.696. The summed E-state index contributed by atoms with van der Waals surface area (Å²) in [5, 5.41) is 9.20. The van der Waals surface area contributed by atoms with Crippen LogP contribution in [0, 0.1) is 0 Å². The summed E-state index contributed by atoms with van der Waals surface area (Å²) in [6.45, 7) is 0.499. The minimum Gasteiger partial charge on any atom is -0.450 e. The number of ether oxygens (including phenoxy) is 1. The predicted octanol–water partition coefficient (Wildman–Crippen LogP) is 1.31. The summed E-state index contributed by atoms with van der Waals surface area (Å²) >= 11 is 5.65. The quantitative estimate of drug-likeness (QED) is 0.619. The van der Waals surface area contributed by atoms with E-state index in [0.717, 1.165) is 5.56 Å². The molecule has 0 saturated carbocycles. The Hall–Kier alpha value is -0.770. The first-order chi connectivity index (χ1) is 5.77. The highest BCUT2D eigenvalue weighted by molar-refractivity contribution is 6.13. The van der Waals surface area contributed by atoms with Gasteiger partial charge in [0.1, 0.15) is 5.75 Å². The second-order valence-corrected chi connectivity index (χ2v) is 3.04. The van der Waals surface area contributed by atoms with Gasteiger partial charge in [-0.15, -0.1) is 0 Å². The van der Waals surface area contributed by atoms with Gasteiger partial charge in [-0.05, 0) is 17.8 Å². The van der Waals surface area contributed by atoms with Crippen molar-refractivity contribution in [2.24, 2.45) is 0 Å². The number of nitrogens with zero attached hydrogens (tertiary/aromatic N) is 1. The van der Waals surface area contributed by atoms with Crippen LogP contribution in [0.3, 0.4) is 0 Å². The molecule has 1 N–H and O–H groups in total. The molecule has 2 rings (SSSR count). The van der Waals surface area contributed by atoms with Crippen LogP contribution in [0.15, 0.2) is 24.3 Å². The molecule has 0 fully saturated rings. The van der Waals surface area contributed by atoms with Crippen molar-refractivity contribution < 1.29 is 9.84 Å². The summed E-state index contributed by atoms with van der Waals surface area (Å²) in [7, 11) is 0. The van der Waals surface area contributed by atoms with Gasteiger partial charge in [-0.25, -0.2) is 0 Å². The molecule has 3 nitrogen and oxygen atoms in total. The largest absolute Gasteiger partial charge is 0.450 e. The van der Waals surface area contributed by atoms with Crippen LogP contribution in [0.2, 0.25) is 0 Å². The average molecular weight is 186 g/mol. The average Bonchev–Trinajstić information content (AvgIpc) is 2.07. The molecule has 1 unspecified atom stereocenters. The fraction of sp³-hybridized carbons (Fsp3) is 0.250. The summed E-state index contributed by atoms with van der Waals surface area (Å²) in [4.78, 5) is 0. The highest BCUT2D eigenvalue weighted by Gasteiger charge is 2.23. The van der Waals surface area contributed by atoms with Crippen LogP contribution >= 0.6 is 11.8 Å². The molecular weight excluding hydrogens is 178 g/mol. The Labute approximate surface area is 75.2 Å². The van der Waals surface area contributed by atoms with Crippen LogP contribution in [-0.2, 0) is 6.54 Å². The number of para-hydroxylation sites is 1. The van der Waals surface area contributed by atoms with Gasteiger partial charge in [-0.3, -0.25) is 0 Å². The zero-order valence-electron chi connectivity index (χ0n) is 6.27. The smallest absolute Gasteiger partial charge is 0.273 e. The molecule has 1 aliphatic rings. The number of hydrogen-bond donors (Lipinski definition) is 1. The van der Waals surface area contributed by atoms with E-state index in [1.54, 1.807) is 0 Å². The first-order valence-electron chi connectivity index (χ1n) is 3.62. The standard InChI is InChI=1S/C8H8ClNO2/c9-10-5-6-3-1-2-4-7(6)12-8(10)11/h1-4,8,11H,5H2. The Balaban J connectivity index is 2.34. The minimum absolute atomic E-state index is 0.499. The lowest BCUT2D eigenvalue weighted by Gasteiger charge is -2.27. The lowest BCUT2D eigenvalue weighted by Crippen LogP contribution is -2.35. The topological polar surface area (TPSA) is 32.7 Å². The molecule has 0 saturated heterocycles. The molecule has 1 aromatic rings. The third-order valence-electron chi connectivity index (χ3n) is 1.77. The molecule has 12 heavy (non-hydrogen) atoms. The van der Waals surface area contributed by atoms with E-state index in [1.165, 1.54) is 4.42 Å². The fourth-order valence-corrected chi connectivity index (χ4v) is 1.33. The zero-order chi connectivity index (χ0) is 8.55. The normalized spacial score (nSPS) is 23.0. The maximum atomic E-state index is 9.20. The van der Waals surface area contributed by atoms with Crippen molar-refractivity contribution in [1.29, 1.82) is 0 Å². The van der Waals surface area contributed by atoms with E-state index in [1.807, 2.05) is 24.3 Å². The number of aliphatic hydroxyl groups excluding tert-OH is 1. The van der Waals surface area contributed by atoms with Crippen molar-refractivity contribution in [3.8, 4) is 5.75 Å². The van der Waals surface area contributed by atoms with Gasteiger partial charge in [-0.1, -0.05) is 18.2 Å². The van der Waals surface area contributed by atoms with E-state index < -0.39 is 6.41 Å². The molecule has 0 aromatic heterocycles. The zero-order valence-corrected chi connectivity index (χ0v) is 7.03. The van der Waals surface area contributed by atoms with E-state index in [0.29, 0.717) is 12.3 Å². The van der Waals surface area contributed by atoms with Gasteiger partial charge in [0.15, 0.2) is 0 Å². The lowest BCUT2D eigenvalue weighted by molar-refractivity contribution is -0.111. The molecule has 1 aliphatic heterocycles. The van der Waals surface area contributed by atoms with Crippen LogP contribution in [0.4, 0.5) is 0 Å². The van der Waals surface area contributed by atoms with Crippen LogP contribution in [0.5, 0.6) is 5.75 Å². The van der Waals surface area contributed by atoms with Gasteiger partial charge >= 0.3 is 0 Å². The van der Waals surface area contributed by atoms with E-state index in [2.05, 4.69) is 0 Å². The molecule has 64 valence electrons. The molecule has 0 spiro atoms. The van der Waals surface area contributed by atoms with Crippen molar-refractivity contribution in [3.63, 3.8) is 0 Å². The highest BCUT2D eigenvalue weighted by atomic mass is 35.5. The molecule has 0 radical (unpaired) electrons. The molecular formula is C8H8ClNO2. The Kier molecular flexibility index (Phi) is 1.92. The summed E-state index contributed by atoms with van der Waals surface area (Å²) in [6, 6.07) is 7.49. The number of benzene rings is 1. The Morgan fingerprint density at radius 2 is 2.25 bits per heavy atom. The van der Waals surface area contributed by atoms with E-state index in [4.69, 9.17) is 16.5 Å². The van der Waals surface area contributed by atoms with Gasteiger partial charge in [-0.2, -0.15) is 4.42 Å².